The summed E-state index contributed by atoms with van der Waals surface area (Å²) < 4.78 is 0. The maximum Gasteiger partial charge on any atom is 0.115 e. The summed E-state index contributed by atoms with van der Waals surface area (Å²) in [6.45, 7) is 7.04. The van der Waals surface area contributed by atoms with Crippen LogP contribution in [0.15, 0.2) is 24.3 Å². The summed E-state index contributed by atoms with van der Waals surface area (Å²) in [6, 6.07) is 7.26. The van der Waals surface area contributed by atoms with Gasteiger partial charge in [0.15, 0.2) is 0 Å². The number of hydrogen-bond donors (Lipinski definition) is 3. The van der Waals surface area contributed by atoms with Crippen LogP contribution < -0.4 is 11.1 Å². The number of nitrogens with one attached hydrogen (secondary N) is 1. The Morgan fingerprint density at radius 2 is 1.80 bits per heavy atom. The minimum absolute atomic E-state index is 0.118. The van der Waals surface area contributed by atoms with Crippen molar-refractivity contribution in [2.45, 2.75) is 26.8 Å². The van der Waals surface area contributed by atoms with Crippen LogP contribution in [0.25, 0.3) is 0 Å². The molecule has 3 nitrogen and oxygen atoms in total. The summed E-state index contributed by atoms with van der Waals surface area (Å²) in [7, 11) is 0. The van der Waals surface area contributed by atoms with E-state index in [1.807, 2.05) is 12.1 Å². The third-order valence-electron chi connectivity index (χ3n) is 2.49. The molecule has 0 heterocycles. The van der Waals surface area contributed by atoms with Crippen LogP contribution in [0.4, 0.5) is 5.69 Å². The van der Waals surface area contributed by atoms with Crippen LogP contribution in [-0.2, 0) is 0 Å². The quantitative estimate of drug-likeness (QED) is 0.667. The molecule has 0 bridgehead atoms. The molecular formula is C12H20N2O. The molecule has 0 amide bonds. The standard InChI is InChI=1S/C12H20N2O/c1-12(2,3)11(8-13)14-9-4-6-10(15)7-5-9/h4-7,11,14-15H,8,13H2,1-3H3. The Bertz CT molecular complexity index is 300. The van der Waals surface area contributed by atoms with E-state index in [2.05, 4.69) is 26.1 Å². The van der Waals surface area contributed by atoms with Crippen molar-refractivity contribution in [2.75, 3.05) is 11.9 Å². The van der Waals surface area contributed by atoms with Gasteiger partial charge in [0, 0.05) is 18.3 Å². The van der Waals surface area contributed by atoms with E-state index in [1.165, 1.54) is 0 Å². The summed E-state index contributed by atoms with van der Waals surface area (Å²) >= 11 is 0. The number of phenols is 1. The van der Waals surface area contributed by atoms with Crippen LogP contribution in [0.5, 0.6) is 5.75 Å². The van der Waals surface area contributed by atoms with E-state index in [4.69, 9.17) is 10.8 Å². The Labute approximate surface area is 91.3 Å². The Morgan fingerprint density at radius 1 is 1.27 bits per heavy atom. The first kappa shape index (κ1) is 11.9. The van der Waals surface area contributed by atoms with Crippen molar-refractivity contribution >= 4 is 5.69 Å². The molecular weight excluding hydrogens is 188 g/mol. The zero-order valence-corrected chi connectivity index (χ0v) is 9.62. The average molecular weight is 208 g/mol. The molecule has 15 heavy (non-hydrogen) atoms. The van der Waals surface area contributed by atoms with Gasteiger partial charge in [0.2, 0.25) is 0 Å². The molecule has 0 radical (unpaired) electrons. The lowest BCUT2D eigenvalue weighted by molar-refractivity contribution is 0.346. The predicted octanol–water partition coefficient (Wildman–Crippen LogP) is 2.18. The van der Waals surface area contributed by atoms with Gasteiger partial charge in [-0.1, -0.05) is 20.8 Å². The molecule has 0 saturated carbocycles. The second kappa shape index (κ2) is 4.53. The minimum atomic E-state index is 0.118. The average Bonchev–Trinajstić information content (AvgIpc) is 2.15. The molecule has 0 saturated heterocycles. The largest absolute Gasteiger partial charge is 0.508 e. The summed E-state index contributed by atoms with van der Waals surface area (Å²) in [5.74, 6) is 0.278. The van der Waals surface area contributed by atoms with Crippen LogP contribution in [0.2, 0.25) is 0 Å². The van der Waals surface area contributed by atoms with Gasteiger partial charge in [0.05, 0.1) is 0 Å². The molecule has 1 aromatic carbocycles. The van der Waals surface area contributed by atoms with Gasteiger partial charge in [-0.3, -0.25) is 0 Å². The van der Waals surface area contributed by atoms with Crippen LogP contribution >= 0.6 is 0 Å². The SMILES string of the molecule is CC(C)(C)C(CN)Nc1ccc(O)cc1. The highest BCUT2D eigenvalue weighted by Crippen LogP contribution is 2.23. The Morgan fingerprint density at radius 3 is 2.20 bits per heavy atom. The van der Waals surface area contributed by atoms with Crippen molar-refractivity contribution in [1.82, 2.24) is 0 Å². The van der Waals surface area contributed by atoms with Crippen LogP contribution in [0.1, 0.15) is 20.8 Å². The molecule has 0 aliphatic carbocycles. The fraction of sp³-hybridized carbons (Fsp3) is 0.500. The predicted molar refractivity (Wildman–Crippen MR) is 64.0 cm³/mol. The summed E-state index contributed by atoms with van der Waals surface area (Å²) in [5.41, 5.74) is 6.83. The van der Waals surface area contributed by atoms with Gasteiger partial charge in [0.1, 0.15) is 5.75 Å². The molecule has 1 unspecified atom stereocenters. The van der Waals surface area contributed by atoms with Gasteiger partial charge in [-0.25, -0.2) is 0 Å². The van der Waals surface area contributed by atoms with Crippen molar-refractivity contribution in [3.63, 3.8) is 0 Å². The van der Waals surface area contributed by atoms with Crippen molar-refractivity contribution in [1.29, 1.82) is 0 Å². The summed E-state index contributed by atoms with van der Waals surface area (Å²) in [6.07, 6.45) is 0. The number of aromatic hydroxyl groups is 1. The highest BCUT2D eigenvalue weighted by molar-refractivity contribution is 5.47. The molecule has 4 N–H and O–H groups in total. The van der Waals surface area contributed by atoms with Gasteiger partial charge < -0.3 is 16.2 Å². The normalized spacial score (nSPS) is 13.6. The lowest BCUT2D eigenvalue weighted by Crippen LogP contribution is -2.40. The monoisotopic (exact) mass is 208 g/mol. The van der Waals surface area contributed by atoms with Crippen LogP contribution in [-0.4, -0.2) is 17.7 Å². The molecule has 84 valence electrons. The van der Waals surface area contributed by atoms with Gasteiger partial charge in [0.25, 0.3) is 0 Å². The van der Waals surface area contributed by atoms with E-state index in [-0.39, 0.29) is 17.2 Å². The Kier molecular flexibility index (Phi) is 3.58. The number of hydrogen-bond acceptors (Lipinski definition) is 3. The third-order valence-corrected chi connectivity index (χ3v) is 2.49. The number of benzene rings is 1. The first-order chi connectivity index (χ1) is 6.93. The topological polar surface area (TPSA) is 58.3 Å². The second-order valence-electron chi connectivity index (χ2n) is 4.85. The minimum Gasteiger partial charge on any atom is -0.508 e. The van der Waals surface area contributed by atoms with E-state index in [0.717, 1.165) is 5.69 Å². The van der Waals surface area contributed by atoms with Crippen LogP contribution in [0, 0.1) is 5.41 Å². The number of anilines is 1. The van der Waals surface area contributed by atoms with Crippen molar-refractivity contribution < 1.29 is 5.11 Å². The Hall–Kier alpha value is -1.22. The number of rotatable bonds is 3. The fourth-order valence-corrected chi connectivity index (χ4v) is 1.39. The van der Waals surface area contributed by atoms with Crippen molar-refractivity contribution in [3.8, 4) is 5.75 Å². The molecule has 0 spiro atoms. The lowest BCUT2D eigenvalue weighted by atomic mass is 9.86. The number of phenolic OH excluding ortho intramolecular Hbond substituents is 1. The van der Waals surface area contributed by atoms with Crippen molar-refractivity contribution in [3.05, 3.63) is 24.3 Å². The zero-order chi connectivity index (χ0) is 11.5. The third kappa shape index (κ3) is 3.44. The van der Waals surface area contributed by atoms with E-state index in [9.17, 15) is 0 Å². The van der Waals surface area contributed by atoms with Gasteiger partial charge in [-0.2, -0.15) is 0 Å². The molecule has 1 rings (SSSR count). The van der Waals surface area contributed by atoms with E-state index in [1.54, 1.807) is 12.1 Å². The summed E-state index contributed by atoms with van der Waals surface area (Å²) in [4.78, 5) is 0. The van der Waals surface area contributed by atoms with Gasteiger partial charge in [-0.15, -0.1) is 0 Å². The molecule has 1 atom stereocenters. The molecule has 0 aliphatic heterocycles. The molecule has 3 heteroatoms. The van der Waals surface area contributed by atoms with Gasteiger partial charge >= 0.3 is 0 Å². The molecule has 0 aromatic heterocycles. The lowest BCUT2D eigenvalue weighted by Gasteiger charge is -2.31. The first-order valence-electron chi connectivity index (χ1n) is 5.19. The molecule has 0 aliphatic rings. The van der Waals surface area contributed by atoms with Crippen LogP contribution in [0.3, 0.4) is 0 Å². The fourth-order valence-electron chi connectivity index (χ4n) is 1.39. The highest BCUT2D eigenvalue weighted by atomic mass is 16.3. The number of nitrogens with two attached hydrogens (primary N) is 1. The molecule has 0 fully saturated rings. The summed E-state index contributed by atoms with van der Waals surface area (Å²) in [5, 5.41) is 12.5. The van der Waals surface area contributed by atoms with E-state index < -0.39 is 0 Å². The smallest absolute Gasteiger partial charge is 0.115 e. The van der Waals surface area contributed by atoms with E-state index >= 15 is 0 Å². The zero-order valence-electron chi connectivity index (χ0n) is 9.62. The second-order valence-corrected chi connectivity index (χ2v) is 4.85. The maximum absolute atomic E-state index is 9.16. The van der Waals surface area contributed by atoms with Gasteiger partial charge in [-0.05, 0) is 29.7 Å². The maximum atomic E-state index is 9.16. The first-order valence-corrected chi connectivity index (χ1v) is 5.19. The van der Waals surface area contributed by atoms with E-state index in [0.29, 0.717) is 6.54 Å². The van der Waals surface area contributed by atoms with Crippen molar-refractivity contribution in [2.24, 2.45) is 11.1 Å². The molecule has 1 aromatic rings. The highest BCUT2D eigenvalue weighted by Gasteiger charge is 2.22. The Balaban J connectivity index is 2.71.